The lowest BCUT2D eigenvalue weighted by molar-refractivity contribution is 0.0728. The fraction of sp³-hybridized carbons (Fsp3) is 0.214. The summed E-state index contributed by atoms with van der Waals surface area (Å²) in [6.45, 7) is 1.04. The van der Waals surface area contributed by atoms with Crippen LogP contribution in [0.1, 0.15) is 37.7 Å². The quantitative estimate of drug-likeness (QED) is 0.341. The van der Waals surface area contributed by atoms with Gasteiger partial charge >= 0.3 is 0 Å². The molecule has 0 saturated heterocycles. The maximum absolute atomic E-state index is 13.3. The van der Waals surface area contributed by atoms with Crippen LogP contribution >= 0.6 is 0 Å². The van der Waals surface area contributed by atoms with E-state index in [1.54, 1.807) is 42.5 Å². The van der Waals surface area contributed by atoms with Crippen molar-refractivity contribution in [2.24, 2.45) is 0 Å². The van der Waals surface area contributed by atoms with Crippen LogP contribution in [0.4, 0.5) is 0 Å². The molecule has 2 aromatic carbocycles. The van der Waals surface area contributed by atoms with E-state index in [4.69, 9.17) is 18.7 Å². The highest BCUT2D eigenvalue weighted by molar-refractivity contribution is 5.94. The third kappa shape index (κ3) is 5.92. The molecule has 1 aliphatic rings. The summed E-state index contributed by atoms with van der Waals surface area (Å²) >= 11 is 0. The van der Waals surface area contributed by atoms with Gasteiger partial charge in [0.2, 0.25) is 6.79 Å². The molecule has 38 heavy (non-hydrogen) atoms. The maximum Gasteiger partial charge on any atom is 0.273 e. The maximum atomic E-state index is 13.3. The van der Waals surface area contributed by atoms with Crippen molar-refractivity contribution in [3.63, 3.8) is 0 Å². The van der Waals surface area contributed by atoms with Crippen LogP contribution in [-0.2, 0) is 19.5 Å². The first-order valence-electron chi connectivity index (χ1n) is 12.0. The van der Waals surface area contributed by atoms with Crippen molar-refractivity contribution in [1.29, 1.82) is 0 Å². The third-order valence-electron chi connectivity index (χ3n) is 6.05. The molecule has 194 valence electrons. The van der Waals surface area contributed by atoms with Gasteiger partial charge < -0.3 is 29.0 Å². The molecule has 0 spiro atoms. The molecule has 5 rings (SSSR count). The summed E-state index contributed by atoms with van der Waals surface area (Å²) in [7, 11) is 1.62. The van der Waals surface area contributed by atoms with Crippen LogP contribution in [0.5, 0.6) is 17.2 Å². The first-order chi connectivity index (χ1) is 18.6. The molecule has 0 atom stereocenters. The Bertz CT molecular complexity index is 1400. The number of hydrogen-bond donors (Lipinski definition) is 1. The van der Waals surface area contributed by atoms with Crippen molar-refractivity contribution in [3.8, 4) is 17.2 Å². The van der Waals surface area contributed by atoms with Gasteiger partial charge in [0, 0.05) is 31.5 Å². The van der Waals surface area contributed by atoms with E-state index in [0.717, 1.165) is 16.9 Å². The lowest BCUT2D eigenvalue weighted by atomic mass is 10.1. The third-order valence-corrected chi connectivity index (χ3v) is 6.05. The monoisotopic (exact) mass is 514 g/mol. The number of hydrogen-bond acceptors (Lipinski definition) is 8. The van der Waals surface area contributed by atoms with Gasteiger partial charge in [-0.05, 0) is 53.9 Å². The number of nitrogens with zero attached hydrogens (tertiary/aromatic N) is 3. The van der Waals surface area contributed by atoms with Crippen molar-refractivity contribution in [2.75, 3.05) is 20.4 Å². The van der Waals surface area contributed by atoms with Crippen molar-refractivity contribution in [2.45, 2.75) is 19.5 Å². The number of fused-ring (bicyclic) bond motifs is 1. The normalized spacial score (nSPS) is 11.7. The summed E-state index contributed by atoms with van der Waals surface area (Å²) in [6.07, 6.45) is 3.76. The number of carbonyl (C=O) groups is 2. The summed E-state index contributed by atoms with van der Waals surface area (Å²) in [5.74, 6) is 1.90. The van der Waals surface area contributed by atoms with E-state index >= 15 is 0 Å². The van der Waals surface area contributed by atoms with E-state index < -0.39 is 0 Å². The minimum atomic E-state index is -0.388. The van der Waals surface area contributed by atoms with Crippen LogP contribution in [0.2, 0.25) is 0 Å². The fourth-order valence-corrected chi connectivity index (χ4v) is 3.99. The highest BCUT2D eigenvalue weighted by Gasteiger charge is 2.21. The van der Waals surface area contributed by atoms with Gasteiger partial charge in [0.1, 0.15) is 5.75 Å². The zero-order valence-electron chi connectivity index (χ0n) is 20.8. The van der Waals surface area contributed by atoms with Crippen LogP contribution in [0.15, 0.2) is 77.6 Å². The van der Waals surface area contributed by atoms with E-state index in [1.807, 2.05) is 36.4 Å². The van der Waals surface area contributed by atoms with Crippen LogP contribution in [0.3, 0.4) is 0 Å². The molecule has 1 N–H and O–H groups in total. The second-order valence-corrected chi connectivity index (χ2v) is 8.62. The van der Waals surface area contributed by atoms with Crippen molar-refractivity contribution < 1.29 is 28.3 Å². The second kappa shape index (κ2) is 11.5. The molecule has 10 heteroatoms. The number of rotatable bonds is 10. The predicted octanol–water partition coefficient (Wildman–Crippen LogP) is 3.62. The van der Waals surface area contributed by atoms with Crippen LogP contribution in [-0.4, -0.2) is 47.3 Å². The van der Waals surface area contributed by atoms with Crippen molar-refractivity contribution in [1.82, 2.24) is 20.4 Å². The Morgan fingerprint density at radius 1 is 1.03 bits per heavy atom. The van der Waals surface area contributed by atoms with Gasteiger partial charge in [-0.1, -0.05) is 23.4 Å². The number of aromatic nitrogens is 2. The molecule has 0 bridgehead atoms. The number of benzene rings is 2. The Labute approximate surface area is 219 Å². The largest absolute Gasteiger partial charge is 0.497 e. The summed E-state index contributed by atoms with van der Waals surface area (Å²) in [5, 5.41) is 6.73. The number of ether oxygens (including phenoxy) is 3. The Balaban J connectivity index is 1.24. The Morgan fingerprint density at radius 2 is 1.84 bits per heavy atom. The SMILES string of the molecule is COc1ccc(CCN(Cc2cc(C(=O)NCc3ccc4c(c3)OCO4)no2)C(=O)c2cccnc2)cc1. The molecule has 0 aliphatic carbocycles. The van der Waals surface area contributed by atoms with E-state index in [-0.39, 0.29) is 37.4 Å². The zero-order valence-corrected chi connectivity index (χ0v) is 20.8. The van der Waals surface area contributed by atoms with Gasteiger partial charge in [-0.25, -0.2) is 0 Å². The van der Waals surface area contributed by atoms with Gasteiger partial charge in [-0.2, -0.15) is 0 Å². The zero-order chi connectivity index (χ0) is 26.3. The molecule has 3 heterocycles. The smallest absolute Gasteiger partial charge is 0.273 e. The van der Waals surface area contributed by atoms with E-state index in [2.05, 4.69) is 15.5 Å². The van der Waals surface area contributed by atoms with E-state index in [1.165, 1.54) is 6.20 Å². The van der Waals surface area contributed by atoms with Crippen molar-refractivity contribution in [3.05, 3.63) is 101 Å². The molecule has 1 aliphatic heterocycles. The van der Waals surface area contributed by atoms with Gasteiger partial charge in [0.05, 0.1) is 19.2 Å². The van der Waals surface area contributed by atoms with Crippen molar-refractivity contribution >= 4 is 11.8 Å². The number of nitrogens with one attached hydrogen (secondary N) is 1. The molecule has 4 aromatic rings. The Kier molecular flexibility index (Phi) is 7.49. The first-order valence-corrected chi connectivity index (χ1v) is 12.0. The number of amides is 2. The highest BCUT2D eigenvalue weighted by Crippen LogP contribution is 2.32. The second-order valence-electron chi connectivity index (χ2n) is 8.62. The molecular formula is C28H26N4O6. The van der Waals surface area contributed by atoms with E-state index in [9.17, 15) is 9.59 Å². The molecular weight excluding hydrogens is 488 g/mol. The van der Waals surface area contributed by atoms with Gasteiger partial charge in [0.25, 0.3) is 11.8 Å². The minimum absolute atomic E-state index is 0.129. The molecule has 0 unspecified atom stereocenters. The number of carbonyl (C=O) groups excluding carboxylic acids is 2. The minimum Gasteiger partial charge on any atom is -0.497 e. The van der Waals surface area contributed by atoms with Gasteiger partial charge in [0.15, 0.2) is 23.0 Å². The average Bonchev–Trinajstić information content (AvgIpc) is 3.64. The van der Waals surface area contributed by atoms with Gasteiger partial charge in [-0.15, -0.1) is 0 Å². The summed E-state index contributed by atoms with van der Waals surface area (Å²) in [4.78, 5) is 31.6. The van der Waals surface area contributed by atoms with Crippen LogP contribution < -0.4 is 19.5 Å². The molecule has 2 amide bonds. The van der Waals surface area contributed by atoms with Crippen LogP contribution in [0, 0.1) is 0 Å². The van der Waals surface area contributed by atoms with E-state index in [0.29, 0.717) is 35.8 Å². The summed E-state index contributed by atoms with van der Waals surface area (Å²) < 4.78 is 21.3. The standard InChI is InChI=1S/C28H26N4O6/c1-35-22-7-4-19(5-8-22)10-12-32(28(34)21-3-2-11-29-16-21)17-23-14-24(31-38-23)27(33)30-15-20-6-9-25-26(13-20)37-18-36-25/h2-9,11,13-14,16H,10,12,15,17-18H2,1H3,(H,30,33). The number of pyridine rings is 1. The lowest BCUT2D eigenvalue weighted by Gasteiger charge is -2.21. The summed E-state index contributed by atoms with van der Waals surface area (Å²) in [6, 6.07) is 18.1. The molecule has 0 saturated carbocycles. The molecule has 0 radical (unpaired) electrons. The Morgan fingerprint density at radius 3 is 2.63 bits per heavy atom. The predicted molar refractivity (Wildman–Crippen MR) is 136 cm³/mol. The lowest BCUT2D eigenvalue weighted by Crippen LogP contribution is -2.32. The molecule has 0 fully saturated rings. The first kappa shape index (κ1) is 24.8. The number of methoxy groups -OCH3 is 1. The molecule has 10 nitrogen and oxygen atoms in total. The fourth-order valence-electron chi connectivity index (χ4n) is 3.99. The Hall–Kier alpha value is -4.86. The van der Waals surface area contributed by atoms with Gasteiger partial charge in [-0.3, -0.25) is 14.6 Å². The molecule has 2 aromatic heterocycles. The highest BCUT2D eigenvalue weighted by atomic mass is 16.7. The average molecular weight is 515 g/mol. The van der Waals surface area contributed by atoms with Crippen LogP contribution in [0.25, 0.3) is 0 Å². The summed E-state index contributed by atoms with van der Waals surface area (Å²) in [5.41, 5.74) is 2.50. The topological polar surface area (TPSA) is 116 Å².